The first-order valence-corrected chi connectivity index (χ1v) is 27.4. The summed E-state index contributed by atoms with van der Waals surface area (Å²) in [6.45, 7) is -1.35. The van der Waals surface area contributed by atoms with E-state index < -0.39 is 159 Å². The minimum Gasteiger partial charge on any atom is -0.394 e. The Morgan fingerprint density at radius 2 is 0.911 bits per heavy atom. The highest BCUT2D eigenvalue weighted by molar-refractivity contribution is 6.39. The van der Waals surface area contributed by atoms with Crippen LogP contribution in [0.4, 0.5) is 0 Å². The SMILES string of the molecule is CN[C@@H](CCCCN)C(=O)C(=O)CCC(=O)CC(CCC(=O)CCCO[C@H]1O[C@H](CO)[C@@H](O)[C@H](O)[C@@H]1O)(CCC(=O)NCCCCO[C@H]1O[C@H](CO)[C@@H](O)[C@H](O)[C@@H]1O)CCC(=O)NCCCCO[C@H]1O[C@H](CO)[C@@H](O)[C@H](O)[C@@H]1O. The standard InChI is InChI=1S/C51H90N4O24/c1-53-31(10-2-3-19-52)38(64)32(61)12-11-30(60)25-51(16-13-29(59)9-8-24-76-50-47(73)44(70)41(67)35(28-58)79-50,17-14-36(62)54-20-4-6-22-74-48-45(71)42(68)39(65)33(26-56)77-48)18-15-37(63)55-21-5-7-23-75-49-46(72)43(69)40(66)34(27-57)78-49/h31,33-35,39-50,53,56-58,65-73H,2-28,52H2,1H3,(H,54,62)(H,55,63)/t31-,33+,34+,35+,39+,40+,41+,42-,43-,44-,45-,46-,47-,48-,49-,50-/m0/s1. The van der Waals surface area contributed by atoms with Gasteiger partial charge < -0.3 is 111 Å². The minimum absolute atomic E-state index is 0.00326. The van der Waals surface area contributed by atoms with Crippen LogP contribution in [0, 0.1) is 5.41 Å². The molecule has 0 radical (unpaired) electrons. The molecule has 0 aromatic rings. The molecule has 458 valence electrons. The molecule has 3 aliphatic heterocycles. The molecule has 3 rings (SSSR count). The highest BCUT2D eigenvalue weighted by Crippen LogP contribution is 2.40. The largest absolute Gasteiger partial charge is 0.394 e. The van der Waals surface area contributed by atoms with Crippen molar-refractivity contribution < 1.29 is 118 Å². The summed E-state index contributed by atoms with van der Waals surface area (Å²) in [6.07, 6.45) is -20.5. The van der Waals surface area contributed by atoms with E-state index in [1.54, 1.807) is 7.05 Å². The second kappa shape index (κ2) is 37.1. The number of Topliss-reactive ketones (excluding diaryl/α,β-unsaturated/α-hetero) is 4. The molecule has 2 amide bonds. The molecule has 0 aliphatic carbocycles. The van der Waals surface area contributed by atoms with Gasteiger partial charge in [0.25, 0.3) is 0 Å². The van der Waals surface area contributed by atoms with Gasteiger partial charge in [-0.25, -0.2) is 0 Å². The average Bonchev–Trinajstić information content (AvgIpc) is 3.45. The summed E-state index contributed by atoms with van der Waals surface area (Å²) in [6, 6.07) is -0.774. The number of ether oxygens (including phenoxy) is 6. The quantitative estimate of drug-likeness (QED) is 0.0201. The molecule has 17 N–H and O–H groups in total. The fourth-order valence-corrected chi connectivity index (χ4v) is 9.47. The molecule has 79 heavy (non-hydrogen) atoms. The first-order valence-electron chi connectivity index (χ1n) is 27.4. The predicted molar refractivity (Wildman–Crippen MR) is 273 cm³/mol. The molecule has 0 aromatic carbocycles. The Kier molecular flexibility index (Phi) is 32.9. The molecular formula is C51H90N4O24. The van der Waals surface area contributed by atoms with Crippen molar-refractivity contribution in [3.63, 3.8) is 0 Å². The van der Waals surface area contributed by atoms with Crippen LogP contribution < -0.4 is 21.7 Å². The van der Waals surface area contributed by atoms with Crippen molar-refractivity contribution in [3.8, 4) is 0 Å². The van der Waals surface area contributed by atoms with E-state index in [1.165, 1.54) is 0 Å². The van der Waals surface area contributed by atoms with Gasteiger partial charge in [0.1, 0.15) is 84.8 Å². The van der Waals surface area contributed by atoms with Crippen LogP contribution in [0.1, 0.15) is 116 Å². The van der Waals surface area contributed by atoms with Gasteiger partial charge in [0.15, 0.2) is 18.9 Å². The molecule has 0 aromatic heterocycles. The van der Waals surface area contributed by atoms with Crippen LogP contribution in [0.25, 0.3) is 0 Å². The molecule has 3 fully saturated rings. The van der Waals surface area contributed by atoms with E-state index in [0.717, 1.165) is 0 Å². The average molecular weight is 1140 g/mol. The van der Waals surface area contributed by atoms with E-state index >= 15 is 0 Å². The van der Waals surface area contributed by atoms with Gasteiger partial charge >= 0.3 is 0 Å². The van der Waals surface area contributed by atoms with Gasteiger partial charge in [-0.1, -0.05) is 6.42 Å². The van der Waals surface area contributed by atoms with Crippen LogP contribution in [-0.2, 0) is 57.2 Å². The van der Waals surface area contributed by atoms with Crippen LogP contribution in [0.5, 0.6) is 0 Å². The Bertz CT molecular complexity index is 1750. The first-order chi connectivity index (χ1) is 37.7. The third-order valence-electron chi connectivity index (χ3n) is 14.6. The van der Waals surface area contributed by atoms with E-state index in [0.29, 0.717) is 51.5 Å². The fraction of sp³-hybridized carbons (Fsp3) is 0.882. The maximum Gasteiger partial charge on any atom is 0.220 e. The van der Waals surface area contributed by atoms with Crippen LogP contribution in [0.2, 0.25) is 0 Å². The monoisotopic (exact) mass is 1140 g/mol. The number of hydrogen-bond donors (Lipinski definition) is 16. The van der Waals surface area contributed by atoms with Crippen molar-refractivity contribution in [1.29, 1.82) is 0 Å². The number of carbonyl (C=O) groups is 6. The Morgan fingerprint density at radius 1 is 0.494 bits per heavy atom. The van der Waals surface area contributed by atoms with E-state index in [2.05, 4.69) is 16.0 Å². The number of carbonyl (C=O) groups excluding carboxylic acids is 6. The van der Waals surface area contributed by atoms with Gasteiger partial charge in [-0.05, 0) is 83.2 Å². The van der Waals surface area contributed by atoms with Crippen molar-refractivity contribution >= 4 is 34.9 Å². The molecule has 3 heterocycles. The number of nitrogens with one attached hydrogen (secondary N) is 3. The molecule has 28 heteroatoms. The summed E-state index contributed by atoms with van der Waals surface area (Å²) in [5.74, 6) is -3.07. The van der Waals surface area contributed by atoms with E-state index in [1.807, 2.05) is 0 Å². The van der Waals surface area contributed by atoms with E-state index in [9.17, 15) is 90.0 Å². The maximum absolute atomic E-state index is 14.0. The maximum atomic E-state index is 14.0. The minimum atomic E-state index is -1.67. The summed E-state index contributed by atoms with van der Waals surface area (Å²) in [5.41, 5.74) is 4.40. The Hall–Kier alpha value is -3.18. The number of ketones is 4. The topological polar surface area (TPSA) is 463 Å². The zero-order valence-electron chi connectivity index (χ0n) is 45.2. The van der Waals surface area contributed by atoms with Crippen LogP contribution in [0.15, 0.2) is 0 Å². The number of aliphatic hydroxyl groups excluding tert-OH is 12. The van der Waals surface area contributed by atoms with Crippen LogP contribution >= 0.6 is 0 Å². The number of rotatable bonds is 41. The van der Waals surface area contributed by atoms with Gasteiger partial charge in [-0.2, -0.15) is 0 Å². The second-order valence-electron chi connectivity index (χ2n) is 20.6. The Balaban J connectivity index is 1.72. The molecule has 3 saturated heterocycles. The van der Waals surface area contributed by atoms with E-state index in [4.69, 9.17) is 34.2 Å². The lowest BCUT2D eigenvalue weighted by Gasteiger charge is -2.39. The summed E-state index contributed by atoms with van der Waals surface area (Å²) < 4.78 is 32.7. The highest BCUT2D eigenvalue weighted by Gasteiger charge is 2.46. The molecule has 28 nitrogen and oxygen atoms in total. The number of nitrogens with two attached hydrogens (primary N) is 1. The van der Waals surface area contributed by atoms with Crippen molar-refractivity contribution in [2.45, 2.75) is 214 Å². The lowest BCUT2D eigenvalue weighted by atomic mass is 9.70. The van der Waals surface area contributed by atoms with Crippen molar-refractivity contribution in [2.75, 3.05) is 66.3 Å². The third kappa shape index (κ3) is 23.2. The Labute approximate surface area is 459 Å². The number of likely N-dealkylation sites (N-methyl/N-ethyl adjacent to an activating group) is 1. The zero-order chi connectivity index (χ0) is 58.7. The summed E-state index contributed by atoms with van der Waals surface area (Å²) >= 11 is 0. The van der Waals surface area contributed by atoms with Gasteiger partial charge in [0.05, 0.1) is 32.5 Å². The summed E-state index contributed by atoms with van der Waals surface area (Å²) in [4.78, 5) is 80.6. The molecule has 0 spiro atoms. The molecule has 0 saturated carbocycles. The fourth-order valence-electron chi connectivity index (χ4n) is 9.47. The summed E-state index contributed by atoms with van der Waals surface area (Å²) in [5, 5.41) is 128. The lowest BCUT2D eigenvalue weighted by Crippen LogP contribution is -2.59. The molecule has 16 atom stereocenters. The predicted octanol–water partition coefficient (Wildman–Crippen LogP) is -5.50. The van der Waals surface area contributed by atoms with Crippen molar-refractivity contribution in [1.82, 2.24) is 16.0 Å². The lowest BCUT2D eigenvalue weighted by molar-refractivity contribution is -0.301. The normalized spacial score (nSPS) is 29.7. The number of hydrogen-bond acceptors (Lipinski definition) is 26. The smallest absolute Gasteiger partial charge is 0.220 e. The van der Waals surface area contributed by atoms with Gasteiger partial charge in [-0.15, -0.1) is 0 Å². The Morgan fingerprint density at radius 3 is 1.32 bits per heavy atom. The zero-order valence-corrected chi connectivity index (χ0v) is 45.2. The van der Waals surface area contributed by atoms with Crippen LogP contribution in [-0.4, -0.2) is 261 Å². The third-order valence-corrected chi connectivity index (χ3v) is 14.6. The molecular weight excluding hydrogens is 1050 g/mol. The second-order valence-corrected chi connectivity index (χ2v) is 20.6. The number of amides is 2. The van der Waals surface area contributed by atoms with Gasteiger partial charge in [0.2, 0.25) is 23.4 Å². The van der Waals surface area contributed by atoms with Crippen molar-refractivity contribution in [2.24, 2.45) is 11.1 Å². The highest BCUT2D eigenvalue weighted by atomic mass is 16.7. The van der Waals surface area contributed by atoms with Gasteiger partial charge in [0, 0.05) is 71.2 Å². The van der Waals surface area contributed by atoms with Crippen LogP contribution in [0.3, 0.4) is 0 Å². The van der Waals surface area contributed by atoms with Gasteiger partial charge in [-0.3, -0.25) is 28.8 Å². The molecule has 3 aliphatic rings. The van der Waals surface area contributed by atoms with E-state index in [-0.39, 0.29) is 103 Å². The summed E-state index contributed by atoms with van der Waals surface area (Å²) in [7, 11) is 1.55. The first kappa shape index (κ1) is 70.1. The number of aliphatic hydroxyl groups is 12. The number of unbranched alkanes of at least 4 members (excludes halogenated alkanes) is 3. The van der Waals surface area contributed by atoms with Crippen molar-refractivity contribution in [3.05, 3.63) is 0 Å². The molecule has 0 unspecified atom stereocenters. The molecule has 0 bridgehead atoms.